The molecule has 1 N–H and O–H groups in total. The zero-order valence-corrected chi connectivity index (χ0v) is 13.4. The highest BCUT2D eigenvalue weighted by molar-refractivity contribution is 8.23. The van der Waals surface area contributed by atoms with Gasteiger partial charge in [0.1, 0.15) is 10.1 Å². The number of nitrogens with zero attached hydrogens (tertiary/aromatic N) is 1. The van der Waals surface area contributed by atoms with Crippen LogP contribution >= 0.6 is 24.0 Å². The third-order valence-electron chi connectivity index (χ3n) is 3.37. The fourth-order valence-corrected chi connectivity index (χ4v) is 3.29. The average molecular weight is 326 g/mol. The Bertz CT molecular complexity index is 504. The number of amides is 1. The highest BCUT2D eigenvalue weighted by atomic mass is 32.2. The standard InChI is InChI=1S/C15H19FN2OS2/c16-13-6-2-1-5-12(13)7-8-17-14(19)11-21-15(20)18-9-3-4-10-18/h1-2,5-6H,3-4,7-11H2,(H,17,19). The van der Waals surface area contributed by atoms with Gasteiger partial charge in [-0.1, -0.05) is 42.2 Å². The maximum atomic E-state index is 13.4. The smallest absolute Gasteiger partial charge is 0.230 e. The minimum Gasteiger partial charge on any atom is -0.358 e. The molecule has 6 heteroatoms. The Labute approximate surface area is 134 Å². The molecule has 1 amide bonds. The number of thiocarbonyl (C=S) groups is 1. The lowest BCUT2D eigenvalue weighted by molar-refractivity contribution is -0.118. The van der Waals surface area contributed by atoms with Crippen LogP contribution in [0.3, 0.4) is 0 Å². The van der Waals surface area contributed by atoms with Crippen molar-refractivity contribution in [1.82, 2.24) is 10.2 Å². The summed E-state index contributed by atoms with van der Waals surface area (Å²) in [5.74, 6) is 0.0429. The normalized spacial score (nSPS) is 14.2. The van der Waals surface area contributed by atoms with Crippen molar-refractivity contribution in [2.75, 3.05) is 25.4 Å². The topological polar surface area (TPSA) is 32.3 Å². The molecule has 1 heterocycles. The Balaban J connectivity index is 1.63. The van der Waals surface area contributed by atoms with Crippen molar-refractivity contribution in [3.05, 3.63) is 35.6 Å². The number of carbonyl (C=O) groups is 1. The second kappa shape index (κ2) is 8.34. The predicted octanol–water partition coefficient (Wildman–Crippen LogP) is 2.60. The molecule has 114 valence electrons. The number of benzene rings is 1. The quantitative estimate of drug-likeness (QED) is 0.843. The zero-order valence-electron chi connectivity index (χ0n) is 11.8. The summed E-state index contributed by atoms with van der Waals surface area (Å²) in [6, 6.07) is 6.62. The first-order chi connectivity index (χ1) is 10.2. The van der Waals surface area contributed by atoms with Crippen LogP contribution in [0.15, 0.2) is 24.3 Å². The largest absolute Gasteiger partial charge is 0.358 e. The van der Waals surface area contributed by atoms with Gasteiger partial charge in [-0.3, -0.25) is 4.79 Å². The molecule has 21 heavy (non-hydrogen) atoms. The molecule has 2 rings (SSSR count). The zero-order chi connectivity index (χ0) is 15.1. The molecule has 1 fully saturated rings. The van der Waals surface area contributed by atoms with Gasteiger partial charge in [0.15, 0.2) is 0 Å². The summed E-state index contributed by atoms with van der Waals surface area (Å²) >= 11 is 6.70. The molecule has 1 aromatic carbocycles. The molecule has 1 aromatic rings. The Morgan fingerprint density at radius 3 is 2.76 bits per heavy atom. The van der Waals surface area contributed by atoms with E-state index < -0.39 is 0 Å². The van der Waals surface area contributed by atoms with E-state index in [0.717, 1.165) is 17.4 Å². The van der Waals surface area contributed by atoms with Crippen molar-refractivity contribution in [1.29, 1.82) is 0 Å². The van der Waals surface area contributed by atoms with E-state index in [4.69, 9.17) is 12.2 Å². The summed E-state index contributed by atoms with van der Waals surface area (Å²) in [5, 5.41) is 2.80. The lowest BCUT2D eigenvalue weighted by Crippen LogP contribution is -2.30. The molecule has 0 radical (unpaired) electrons. The van der Waals surface area contributed by atoms with Crippen LogP contribution in [-0.4, -0.2) is 40.5 Å². The van der Waals surface area contributed by atoms with Crippen molar-refractivity contribution in [2.45, 2.75) is 19.3 Å². The van der Waals surface area contributed by atoms with Gasteiger partial charge >= 0.3 is 0 Å². The summed E-state index contributed by atoms with van der Waals surface area (Å²) < 4.78 is 14.2. The van der Waals surface area contributed by atoms with Crippen LogP contribution in [0.5, 0.6) is 0 Å². The lowest BCUT2D eigenvalue weighted by atomic mass is 10.1. The van der Waals surface area contributed by atoms with Crippen molar-refractivity contribution in [2.24, 2.45) is 0 Å². The van der Waals surface area contributed by atoms with E-state index in [2.05, 4.69) is 10.2 Å². The first kappa shape index (κ1) is 16.2. The Hall–Kier alpha value is -1.14. The SMILES string of the molecule is O=C(CSC(=S)N1CCCC1)NCCc1ccccc1F. The van der Waals surface area contributed by atoms with Gasteiger partial charge in [-0.2, -0.15) is 0 Å². The number of hydrogen-bond acceptors (Lipinski definition) is 3. The van der Waals surface area contributed by atoms with Crippen molar-refractivity contribution in [3.8, 4) is 0 Å². The van der Waals surface area contributed by atoms with Gasteiger partial charge in [0.2, 0.25) is 5.91 Å². The number of rotatable bonds is 5. The monoisotopic (exact) mass is 326 g/mol. The van der Waals surface area contributed by atoms with Crippen molar-refractivity contribution >= 4 is 34.2 Å². The predicted molar refractivity (Wildman–Crippen MR) is 89.0 cm³/mol. The van der Waals surface area contributed by atoms with Crippen LogP contribution in [-0.2, 0) is 11.2 Å². The first-order valence-corrected chi connectivity index (χ1v) is 8.48. The Morgan fingerprint density at radius 1 is 1.33 bits per heavy atom. The molecular weight excluding hydrogens is 307 g/mol. The molecule has 1 aliphatic heterocycles. The molecule has 0 atom stereocenters. The van der Waals surface area contributed by atoms with Crippen LogP contribution in [0.1, 0.15) is 18.4 Å². The van der Waals surface area contributed by atoms with Gasteiger partial charge in [0.25, 0.3) is 0 Å². The van der Waals surface area contributed by atoms with Crippen molar-refractivity contribution < 1.29 is 9.18 Å². The third kappa shape index (κ3) is 5.28. The third-order valence-corrected chi connectivity index (χ3v) is 4.89. The summed E-state index contributed by atoms with van der Waals surface area (Å²) in [5.41, 5.74) is 0.623. The number of halogens is 1. The number of hydrogen-bond donors (Lipinski definition) is 1. The van der Waals surface area contributed by atoms with Gasteiger partial charge in [-0.15, -0.1) is 0 Å². The highest BCUT2D eigenvalue weighted by Gasteiger charge is 2.16. The van der Waals surface area contributed by atoms with E-state index in [1.54, 1.807) is 18.2 Å². The van der Waals surface area contributed by atoms with Crippen molar-refractivity contribution in [3.63, 3.8) is 0 Å². The van der Waals surface area contributed by atoms with Gasteiger partial charge in [0, 0.05) is 19.6 Å². The number of thioether (sulfide) groups is 1. The maximum Gasteiger partial charge on any atom is 0.230 e. The molecule has 0 unspecified atom stereocenters. The van der Waals surface area contributed by atoms with E-state index in [1.165, 1.54) is 30.7 Å². The molecular formula is C15H19FN2OS2. The highest BCUT2D eigenvalue weighted by Crippen LogP contribution is 2.15. The molecule has 0 saturated carbocycles. The second-order valence-corrected chi connectivity index (χ2v) is 6.55. The van der Waals surface area contributed by atoms with Crippen LogP contribution < -0.4 is 5.32 Å². The van der Waals surface area contributed by atoms with E-state index in [9.17, 15) is 9.18 Å². The van der Waals surface area contributed by atoms with E-state index in [-0.39, 0.29) is 11.7 Å². The fourth-order valence-electron chi connectivity index (χ4n) is 2.21. The summed E-state index contributed by atoms with van der Waals surface area (Å²) in [6.45, 7) is 2.44. The van der Waals surface area contributed by atoms with Gasteiger partial charge in [-0.05, 0) is 30.9 Å². The molecule has 0 bridgehead atoms. The van der Waals surface area contributed by atoms with E-state index in [1.807, 2.05) is 0 Å². The van der Waals surface area contributed by atoms with Gasteiger partial charge < -0.3 is 10.2 Å². The minimum absolute atomic E-state index is 0.0575. The molecule has 1 saturated heterocycles. The summed E-state index contributed by atoms with van der Waals surface area (Å²) in [6.07, 6.45) is 2.85. The fraction of sp³-hybridized carbons (Fsp3) is 0.467. The van der Waals surface area contributed by atoms with Gasteiger partial charge in [0.05, 0.1) is 5.75 Å². The lowest BCUT2D eigenvalue weighted by Gasteiger charge is -2.17. The van der Waals surface area contributed by atoms with E-state index >= 15 is 0 Å². The average Bonchev–Trinajstić information content (AvgIpc) is 3.01. The molecule has 3 nitrogen and oxygen atoms in total. The van der Waals surface area contributed by atoms with Crippen LogP contribution in [0.4, 0.5) is 4.39 Å². The summed E-state index contributed by atoms with van der Waals surface area (Å²) in [4.78, 5) is 13.9. The maximum absolute atomic E-state index is 13.4. The molecule has 0 spiro atoms. The number of nitrogens with one attached hydrogen (secondary N) is 1. The number of likely N-dealkylation sites (tertiary alicyclic amines) is 1. The Kier molecular flexibility index (Phi) is 6.45. The van der Waals surface area contributed by atoms with Gasteiger partial charge in [-0.25, -0.2) is 4.39 Å². The van der Waals surface area contributed by atoms with Crippen LogP contribution in [0, 0.1) is 5.82 Å². The second-order valence-electron chi connectivity index (χ2n) is 4.94. The molecule has 0 aliphatic carbocycles. The Morgan fingerprint density at radius 2 is 2.05 bits per heavy atom. The molecule has 1 aliphatic rings. The minimum atomic E-state index is -0.226. The number of carbonyl (C=O) groups excluding carboxylic acids is 1. The van der Waals surface area contributed by atoms with Crippen LogP contribution in [0.25, 0.3) is 0 Å². The molecule has 0 aromatic heterocycles. The van der Waals surface area contributed by atoms with Crippen LogP contribution in [0.2, 0.25) is 0 Å². The van der Waals surface area contributed by atoms with E-state index in [0.29, 0.717) is 24.3 Å². The summed E-state index contributed by atoms with van der Waals surface area (Å²) in [7, 11) is 0. The first-order valence-electron chi connectivity index (χ1n) is 7.08.